The van der Waals surface area contributed by atoms with Gasteiger partial charge in [0.2, 0.25) is 0 Å². The second-order valence-corrected chi connectivity index (χ2v) is 8.03. The van der Waals surface area contributed by atoms with Crippen molar-refractivity contribution in [2.24, 2.45) is 5.41 Å². The number of hydrogen-bond donors (Lipinski definition) is 0. The highest BCUT2D eigenvalue weighted by Crippen LogP contribution is 2.24. The summed E-state index contributed by atoms with van der Waals surface area (Å²) in [5.74, 6) is -0.479. The van der Waals surface area contributed by atoms with Gasteiger partial charge in [0.15, 0.2) is 17.9 Å². The van der Waals surface area contributed by atoms with Gasteiger partial charge in [-0.25, -0.2) is 4.39 Å². The Morgan fingerprint density at radius 3 is 2.70 bits per heavy atom. The molecule has 0 amide bonds. The summed E-state index contributed by atoms with van der Waals surface area (Å²) in [6.07, 6.45) is 4.21. The van der Waals surface area contributed by atoms with E-state index in [0.29, 0.717) is 16.6 Å². The van der Waals surface area contributed by atoms with E-state index in [-0.39, 0.29) is 30.8 Å². The van der Waals surface area contributed by atoms with Gasteiger partial charge in [0.1, 0.15) is 6.61 Å². The van der Waals surface area contributed by atoms with Crippen LogP contribution in [-0.4, -0.2) is 38.3 Å². The Labute approximate surface area is 174 Å². The van der Waals surface area contributed by atoms with Gasteiger partial charge in [-0.1, -0.05) is 13.8 Å². The van der Waals surface area contributed by atoms with Gasteiger partial charge in [-0.2, -0.15) is 8.42 Å². The van der Waals surface area contributed by atoms with Crippen molar-refractivity contribution in [3.05, 3.63) is 32.0 Å². The predicted molar refractivity (Wildman–Crippen MR) is 105 cm³/mol. The SMILES string of the molecule is CC(C)(CCn1cc(F)c(I)cc1=O)C(=O)COC1CCCCO1.O=S=O. The molecule has 2 rings (SSSR count). The van der Waals surface area contributed by atoms with Crippen molar-refractivity contribution in [2.45, 2.75) is 52.4 Å². The lowest BCUT2D eigenvalue weighted by atomic mass is 9.84. The van der Waals surface area contributed by atoms with E-state index < -0.39 is 22.8 Å². The van der Waals surface area contributed by atoms with E-state index in [4.69, 9.17) is 17.9 Å². The molecule has 27 heavy (non-hydrogen) atoms. The van der Waals surface area contributed by atoms with Crippen molar-refractivity contribution in [3.8, 4) is 0 Å². The molecule has 0 bridgehead atoms. The third kappa shape index (κ3) is 8.28. The second kappa shape index (κ2) is 11.8. The van der Waals surface area contributed by atoms with Crippen LogP contribution in [0.1, 0.15) is 39.5 Å². The van der Waals surface area contributed by atoms with Crippen molar-refractivity contribution in [1.29, 1.82) is 0 Å². The van der Waals surface area contributed by atoms with Crippen LogP contribution in [0.4, 0.5) is 4.39 Å². The molecule has 0 N–H and O–H groups in total. The predicted octanol–water partition coefficient (Wildman–Crippen LogP) is 2.45. The average molecular weight is 515 g/mol. The van der Waals surface area contributed by atoms with Crippen molar-refractivity contribution >= 4 is 39.9 Å². The van der Waals surface area contributed by atoms with Crippen LogP contribution in [0.5, 0.6) is 0 Å². The minimum absolute atomic E-state index is 0.00633. The highest BCUT2D eigenvalue weighted by atomic mass is 127. The van der Waals surface area contributed by atoms with Gasteiger partial charge >= 0.3 is 11.6 Å². The van der Waals surface area contributed by atoms with E-state index in [9.17, 15) is 14.0 Å². The lowest BCUT2D eigenvalue weighted by molar-refractivity contribution is -0.173. The number of carbonyl (C=O) groups excluding carboxylic acids is 1. The molecule has 2 heterocycles. The summed E-state index contributed by atoms with van der Waals surface area (Å²) in [6.45, 7) is 4.57. The molecule has 1 saturated heterocycles. The first-order chi connectivity index (χ1) is 12.7. The van der Waals surface area contributed by atoms with Gasteiger partial charge in [-0.3, -0.25) is 9.59 Å². The molecular formula is C17H23FINO6S. The zero-order chi connectivity index (χ0) is 20.4. The maximum Gasteiger partial charge on any atom is 0.335 e. The van der Waals surface area contributed by atoms with Gasteiger partial charge in [0.25, 0.3) is 5.56 Å². The number of carbonyl (C=O) groups is 1. The molecule has 0 spiro atoms. The first-order valence-electron chi connectivity index (χ1n) is 8.45. The number of Topliss-reactive ketones (excluding diaryl/α,β-unsaturated/α-hetero) is 1. The Balaban J connectivity index is 0.00000114. The topological polar surface area (TPSA) is 91.7 Å². The highest BCUT2D eigenvalue weighted by molar-refractivity contribution is 14.1. The number of hydrogen-bond acceptors (Lipinski definition) is 6. The molecule has 0 aromatic carbocycles. The lowest BCUT2D eigenvalue weighted by Gasteiger charge is -2.26. The van der Waals surface area contributed by atoms with E-state index in [1.165, 1.54) is 16.8 Å². The fourth-order valence-electron chi connectivity index (χ4n) is 2.44. The number of nitrogens with zero attached hydrogens (tertiary/aromatic N) is 1. The first kappa shape index (κ1) is 24.1. The Morgan fingerprint density at radius 1 is 1.44 bits per heavy atom. The average Bonchev–Trinajstić information content (AvgIpc) is 2.63. The molecule has 1 aromatic rings. The fourth-order valence-corrected chi connectivity index (χ4v) is 2.85. The van der Waals surface area contributed by atoms with Crippen molar-refractivity contribution in [1.82, 2.24) is 4.57 Å². The van der Waals surface area contributed by atoms with Gasteiger partial charge in [-0.05, 0) is 48.3 Å². The molecule has 0 saturated carbocycles. The molecule has 1 atom stereocenters. The number of ketones is 1. The third-order valence-corrected chi connectivity index (χ3v) is 5.13. The minimum atomic E-state index is -0.750. The minimum Gasteiger partial charge on any atom is -0.353 e. The molecule has 1 aliphatic heterocycles. The molecule has 0 radical (unpaired) electrons. The van der Waals surface area contributed by atoms with Gasteiger partial charge in [0.05, 0.1) is 3.57 Å². The van der Waals surface area contributed by atoms with E-state index in [1.807, 2.05) is 13.8 Å². The first-order valence-corrected chi connectivity index (χ1v) is 10.2. The Morgan fingerprint density at radius 2 is 2.11 bits per heavy atom. The molecule has 0 aliphatic carbocycles. The summed E-state index contributed by atoms with van der Waals surface area (Å²) in [7, 11) is 0. The standard InChI is InChI=1S/C17H23FINO4.O2S/c1-17(2,14(21)11-24-16-5-3-4-8-23-16)6-7-20-10-12(18)13(19)9-15(20)22;1-3-2/h9-10,16H,3-8,11H2,1-2H3;. The third-order valence-electron chi connectivity index (χ3n) is 4.30. The normalized spacial score (nSPS) is 17.0. The number of ether oxygens (including phenoxy) is 2. The second-order valence-electron chi connectivity index (χ2n) is 6.73. The number of aromatic nitrogens is 1. The van der Waals surface area contributed by atoms with Gasteiger partial charge in [0, 0.05) is 30.8 Å². The fraction of sp³-hybridized carbons (Fsp3) is 0.647. The van der Waals surface area contributed by atoms with E-state index in [0.717, 1.165) is 19.3 Å². The summed E-state index contributed by atoms with van der Waals surface area (Å²) in [5.41, 5.74) is -0.927. The molecule has 10 heteroatoms. The van der Waals surface area contributed by atoms with Crippen molar-refractivity contribution < 1.29 is 27.1 Å². The van der Waals surface area contributed by atoms with Crippen LogP contribution < -0.4 is 5.56 Å². The van der Waals surface area contributed by atoms with Crippen LogP contribution in [0.15, 0.2) is 17.1 Å². The summed E-state index contributed by atoms with van der Waals surface area (Å²) in [4.78, 5) is 24.3. The maximum atomic E-state index is 13.6. The zero-order valence-corrected chi connectivity index (χ0v) is 18.2. The van der Waals surface area contributed by atoms with Crippen LogP contribution in [0.25, 0.3) is 0 Å². The Hall–Kier alpha value is -0.980. The molecule has 152 valence electrons. The molecular weight excluding hydrogens is 492 g/mol. The van der Waals surface area contributed by atoms with Crippen LogP contribution >= 0.6 is 22.6 Å². The quantitative estimate of drug-likeness (QED) is 0.519. The maximum absolute atomic E-state index is 13.6. The van der Waals surface area contributed by atoms with Crippen LogP contribution in [-0.2, 0) is 32.4 Å². The number of aryl methyl sites for hydroxylation is 1. The molecule has 1 unspecified atom stereocenters. The lowest BCUT2D eigenvalue weighted by Crippen LogP contribution is -2.34. The van der Waals surface area contributed by atoms with Crippen molar-refractivity contribution in [2.75, 3.05) is 13.2 Å². The van der Waals surface area contributed by atoms with Gasteiger partial charge < -0.3 is 14.0 Å². The van der Waals surface area contributed by atoms with Crippen LogP contribution in [0.3, 0.4) is 0 Å². The summed E-state index contributed by atoms with van der Waals surface area (Å²) in [6, 6.07) is 1.26. The summed E-state index contributed by atoms with van der Waals surface area (Å²) < 4.78 is 42.8. The Kier molecular flexibility index (Phi) is 10.5. The Bertz CT molecular complexity index is 727. The van der Waals surface area contributed by atoms with Crippen LogP contribution in [0, 0.1) is 14.8 Å². The largest absolute Gasteiger partial charge is 0.353 e. The molecule has 7 nitrogen and oxygen atoms in total. The van der Waals surface area contributed by atoms with Gasteiger partial charge in [-0.15, -0.1) is 0 Å². The molecule has 1 fully saturated rings. The smallest absolute Gasteiger partial charge is 0.335 e. The van der Waals surface area contributed by atoms with E-state index in [1.54, 1.807) is 22.6 Å². The van der Waals surface area contributed by atoms with Crippen molar-refractivity contribution in [3.63, 3.8) is 0 Å². The highest BCUT2D eigenvalue weighted by Gasteiger charge is 2.28. The number of rotatable bonds is 7. The molecule has 1 aliphatic rings. The summed E-state index contributed by atoms with van der Waals surface area (Å²) >= 11 is 1.03. The monoisotopic (exact) mass is 515 g/mol. The van der Waals surface area contributed by atoms with E-state index in [2.05, 4.69) is 0 Å². The zero-order valence-electron chi connectivity index (χ0n) is 15.2. The number of pyridine rings is 1. The summed E-state index contributed by atoms with van der Waals surface area (Å²) in [5, 5.41) is 0. The number of halogens is 2. The molecule has 1 aromatic heterocycles. The van der Waals surface area contributed by atoms with Crippen LogP contribution in [0.2, 0.25) is 0 Å². The van der Waals surface area contributed by atoms with E-state index >= 15 is 0 Å².